The Balaban J connectivity index is 2.40. The van der Waals surface area contributed by atoms with Crippen LogP contribution in [0, 0.1) is 11.7 Å². The van der Waals surface area contributed by atoms with Crippen LogP contribution in [0.2, 0.25) is 0 Å². The van der Waals surface area contributed by atoms with E-state index in [-0.39, 0.29) is 17.7 Å². The van der Waals surface area contributed by atoms with Crippen molar-refractivity contribution in [3.05, 3.63) is 35.6 Å². The maximum Gasteiger partial charge on any atom is 0.316 e. The van der Waals surface area contributed by atoms with Crippen molar-refractivity contribution in [3.63, 3.8) is 0 Å². The molecule has 18 heavy (non-hydrogen) atoms. The zero-order chi connectivity index (χ0) is 13.2. The smallest absolute Gasteiger partial charge is 0.316 e. The third-order valence-electron chi connectivity index (χ3n) is 4.23. The molecule has 1 fully saturated rings. The molecule has 2 nitrogen and oxygen atoms in total. The van der Waals surface area contributed by atoms with Crippen LogP contribution < -0.4 is 0 Å². The highest BCUT2D eigenvalue weighted by molar-refractivity contribution is 5.83. The van der Waals surface area contributed by atoms with Crippen LogP contribution in [-0.4, -0.2) is 13.1 Å². The van der Waals surface area contributed by atoms with E-state index in [2.05, 4.69) is 0 Å². The standard InChI is InChI=1S/C15H19FO2/c1-15(14(17)18-2,11-5-3-4-6-11)12-7-9-13(16)10-8-12/h7-11H,3-6H2,1-2H3/t15-/m0/s1. The molecule has 0 aromatic heterocycles. The van der Waals surface area contributed by atoms with Crippen LogP contribution in [0.5, 0.6) is 0 Å². The average Bonchev–Trinajstić information content (AvgIpc) is 2.92. The van der Waals surface area contributed by atoms with Crippen LogP contribution in [0.15, 0.2) is 24.3 Å². The topological polar surface area (TPSA) is 26.3 Å². The first-order valence-corrected chi connectivity index (χ1v) is 6.43. The van der Waals surface area contributed by atoms with E-state index < -0.39 is 5.41 Å². The van der Waals surface area contributed by atoms with E-state index in [1.807, 2.05) is 6.92 Å². The Kier molecular flexibility index (Phi) is 3.69. The number of carbonyl (C=O) groups is 1. The molecule has 0 radical (unpaired) electrons. The van der Waals surface area contributed by atoms with E-state index >= 15 is 0 Å². The highest BCUT2D eigenvalue weighted by atomic mass is 19.1. The van der Waals surface area contributed by atoms with Gasteiger partial charge in [0.2, 0.25) is 0 Å². The SMILES string of the molecule is COC(=O)[C@](C)(c1ccc(F)cc1)C1CCCC1. The van der Waals surface area contributed by atoms with Gasteiger partial charge >= 0.3 is 5.97 Å². The lowest BCUT2D eigenvalue weighted by molar-refractivity contribution is -0.149. The lowest BCUT2D eigenvalue weighted by Crippen LogP contribution is -2.40. The molecule has 0 saturated heterocycles. The monoisotopic (exact) mass is 250 g/mol. The highest BCUT2D eigenvalue weighted by Crippen LogP contribution is 2.43. The normalized spacial score (nSPS) is 19.5. The summed E-state index contributed by atoms with van der Waals surface area (Å²) in [5.74, 6) is -0.214. The van der Waals surface area contributed by atoms with Crippen LogP contribution in [0.1, 0.15) is 38.2 Å². The van der Waals surface area contributed by atoms with E-state index in [9.17, 15) is 9.18 Å². The number of carbonyl (C=O) groups excluding carboxylic acids is 1. The zero-order valence-corrected chi connectivity index (χ0v) is 10.9. The third kappa shape index (κ3) is 2.14. The third-order valence-corrected chi connectivity index (χ3v) is 4.23. The average molecular weight is 250 g/mol. The first-order chi connectivity index (χ1) is 8.59. The highest BCUT2D eigenvalue weighted by Gasteiger charge is 2.44. The maximum atomic E-state index is 13.0. The van der Waals surface area contributed by atoms with Gasteiger partial charge in [0, 0.05) is 0 Å². The number of methoxy groups -OCH3 is 1. The van der Waals surface area contributed by atoms with Gasteiger partial charge in [0.25, 0.3) is 0 Å². The molecule has 3 heteroatoms. The molecule has 0 N–H and O–H groups in total. The summed E-state index contributed by atoms with van der Waals surface area (Å²) in [6.45, 7) is 1.92. The van der Waals surface area contributed by atoms with Crippen molar-refractivity contribution in [1.82, 2.24) is 0 Å². The fourth-order valence-corrected chi connectivity index (χ4v) is 3.03. The van der Waals surface area contributed by atoms with Crippen molar-refractivity contribution < 1.29 is 13.9 Å². The van der Waals surface area contributed by atoms with Crippen LogP contribution in [0.3, 0.4) is 0 Å². The number of halogens is 1. The predicted molar refractivity (Wildman–Crippen MR) is 67.7 cm³/mol. The number of ether oxygens (including phenoxy) is 1. The molecular weight excluding hydrogens is 231 g/mol. The second-order valence-corrected chi connectivity index (χ2v) is 5.18. The van der Waals surface area contributed by atoms with E-state index in [1.54, 1.807) is 12.1 Å². The molecule has 98 valence electrons. The molecule has 0 aliphatic heterocycles. The Bertz CT molecular complexity index is 421. The summed E-state index contributed by atoms with van der Waals surface area (Å²) in [6.07, 6.45) is 4.36. The van der Waals surface area contributed by atoms with Crippen LogP contribution >= 0.6 is 0 Å². The van der Waals surface area contributed by atoms with Gasteiger partial charge in [0.1, 0.15) is 5.82 Å². The number of hydrogen-bond donors (Lipinski definition) is 0. The quantitative estimate of drug-likeness (QED) is 0.768. The molecule has 1 aliphatic carbocycles. The summed E-state index contributed by atoms with van der Waals surface area (Å²) in [6, 6.07) is 6.21. The summed E-state index contributed by atoms with van der Waals surface area (Å²) in [7, 11) is 1.42. The van der Waals surface area contributed by atoms with Gasteiger partial charge < -0.3 is 4.74 Å². The molecule has 1 aromatic rings. The summed E-state index contributed by atoms with van der Waals surface area (Å²) >= 11 is 0. The van der Waals surface area contributed by atoms with Gasteiger partial charge in [-0.05, 0) is 43.4 Å². The number of esters is 1. The Morgan fingerprint density at radius 1 is 1.28 bits per heavy atom. The molecular formula is C15H19FO2. The van der Waals surface area contributed by atoms with Crippen molar-refractivity contribution in [2.75, 3.05) is 7.11 Å². The van der Waals surface area contributed by atoms with Crippen LogP contribution in [0.25, 0.3) is 0 Å². The van der Waals surface area contributed by atoms with Crippen molar-refractivity contribution >= 4 is 5.97 Å². The van der Waals surface area contributed by atoms with E-state index in [0.29, 0.717) is 0 Å². The predicted octanol–water partition coefficient (Wildman–Crippen LogP) is 3.45. The summed E-state index contributed by atoms with van der Waals surface area (Å²) in [5.41, 5.74) is 0.196. The lowest BCUT2D eigenvalue weighted by Gasteiger charge is -2.33. The Morgan fingerprint density at radius 3 is 2.33 bits per heavy atom. The van der Waals surface area contributed by atoms with Crippen molar-refractivity contribution in [3.8, 4) is 0 Å². The van der Waals surface area contributed by atoms with E-state index in [0.717, 1.165) is 31.2 Å². The van der Waals surface area contributed by atoms with Crippen LogP contribution in [-0.2, 0) is 14.9 Å². The maximum absolute atomic E-state index is 13.0. The zero-order valence-electron chi connectivity index (χ0n) is 10.9. The number of benzene rings is 1. The van der Waals surface area contributed by atoms with Crippen molar-refractivity contribution in [2.45, 2.75) is 38.0 Å². The summed E-state index contributed by atoms with van der Waals surface area (Å²) < 4.78 is 18.0. The fraction of sp³-hybridized carbons (Fsp3) is 0.533. The lowest BCUT2D eigenvalue weighted by atomic mass is 9.71. The van der Waals surface area contributed by atoms with Crippen molar-refractivity contribution in [1.29, 1.82) is 0 Å². The first-order valence-electron chi connectivity index (χ1n) is 6.43. The van der Waals surface area contributed by atoms with Crippen LogP contribution in [0.4, 0.5) is 4.39 Å². The van der Waals surface area contributed by atoms with E-state index in [1.165, 1.54) is 19.2 Å². The second kappa shape index (κ2) is 5.09. The summed E-state index contributed by atoms with van der Waals surface area (Å²) in [4.78, 5) is 12.2. The van der Waals surface area contributed by atoms with Crippen molar-refractivity contribution in [2.24, 2.45) is 5.92 Å². The van der Waals surface area contributed by atoms with Gasteiger partial charge in [0.05, 0.1) is 12.5 Å². The summed E-state index contributed by atoms with van der Waals surface area (Å²) in [5, 5.41) is 0. The van der Waals surface area contributed by atoms with Gasteiger partial charge in [0.15, 0.2) is 0 Å². The Labute approximate surface area is 107 Å². The molecule has 2 rings (SSSR count). The first kappa shape index (κ1) is 13.1. The molecule has 0 heterocycles. The van der Waals surface area contributed by atoms with Gasteiger partial charge in [-0.25, -0.2) is 4.39 Å². The molecule has 0 bridgehead atoms. The molecule has 1 aromatic carbocycles. The second-order valence-electron chi connectivity index (χ2n) is 5.18. The van der Waals surface area contributed by atoms with E-state index in [4.69, 9.17) is 4.74 Å². The van der Waals surface area contributed by atoms with Gasteiger partial charge in [-0.3, -0.25) is 4.79 Å². The molecule has 1 saturated carbocycles. The largest absolute Gasteiger partial charge is 0.468 e. The number of rotatable bonds is 3. The Hall–Kier alpha value is -1.38. The molecule has 0 amide bonds. The number of hydrogen-bond acceptors (Lipinski definition) is 2. The molecule has 1 aliphatic rings. The van der Waals surface area contributed by atoms with Gasteiger partial charge in [-0.2, -0.15) is 0 Å². The molecule has 1 atom stereocenters. The van der Waals surface area contributed by atoms with Gasteiger partial charge in [-0.15, -0.1) is 0 Å². The molecule has 0 spiro atoms. The molecule has 0 unspecified atom stereocenters. The minimum absolute atomic E-state index is 0.221. The fourth-order valence-electron chi connectivity index (χ4n) is 3.03. The minimum atomic E-state index is -0.654. The minimum Gasteiger partial charge on any atom is -0.468 e. The van der Waals surface area contributed by atoms with Gasteiger partial charge in [-0.1, -0.05) is 25.0 Å². The Morgan fingerprint density at radius 2 is 1.83 bits per heavy atom.